The predicted octanol–water partition coefficient (Wildman–Crippen LogP) is 6.42. The summed E-state index contributed by atoms with van der Waals surface area (Å²) in [6.45, 7) is 12.8. The maximum absolute atomic E-state index is 13.9. The third kappa shape index (κ3) is 7.95. The zero-order valence-electron chi connectivity index (χ0n) is 25.4. The van der Waals surface area contributed by atoms with Crippen LogP contribution in [0.2, 0.25) is 0 Å². The molecular weight excluding hydrogens is 577 g/mol. The lowest BCUT2D eigenvalue weighted by molar-refractivity contribution is -0.138. The number of carbonyl (C=O) groups excluding carboxylic acids is 1. The highest BCUT2D eigenvalue weighted by Crippen LogP contribution is 2.35. The van der Waals surface area contributed by atoms with E-state index in [0.29, 0.717) is 18.7 Å². The van der Waals surface area contributed by atoms with E-state index in [1.165, 1.54) is 36.4 Å². The van der Waals surface area contributed by atoms with Crippen LogP contribution in [0.5, 0.6) is 0 Å². The van der Waals surface area contributed by atoms with Crippen molar-refractivity contribution >= 4 is 27.3 Å². The number of sulfonamides is 1. The predicted molar refractivity (Wildman–Crippen MR) is 164 cm³/mol. The molecule has 1 aliphatic rings. The molecule has 1 fully saturated rings. The van der Waals surface area contributed by atoms with E-state index in [-0.39, 0.29) is 39.4 Å². The van der Waals surface area contributed by atoms with Crippen molar-refractivity contribution in [1.29, 1.82) is 0 Å². The van der Waals surface area contributed by atoms with Gasteiger partial charge in [-0.15, -0.1) is 0 Å². The lowest BCUT2D eigenvalue weighted by atomic mass is 9.85. The topological polar surface area (TPSA) is 81.7 Å². The van der Waals surface area contributed by atoms with Gasteiger partial charge in [0.25, 0.3) is 15.9 Å². The van der Waals surface area contributed by atoms with Crippen LogP contribution in [0.25, 0.3) is 0 Å². The summed E-state index contributed by atoms with van der Waals surface area (Å²) >= 11 is 0. The first-order valence-electron chi connectivity index (χ1n) is 14.1. The zero-order valence-corrected chi connectivity index (χ0v) is 26.2. The lowest BCUT2D eigenvalue weighted by Crippen LogP contribution is -2.44. The van der Waals surface area contributed by atoms with Gasteiger partial charge in [-0.25, -0.2) is 8.42 Å². The molecule has 4 rings (SSSR count). The van der Waals surface area contributed by atoms with Gasteiger partial charge < -0.3 is 10.2 Å². The number of rotatable bonds is 7. The van der Waals surface area contributed by atoms with Crippen molar-refractivity contribution in [2.75, 3.05) is 43.3 Å². The Labute approximate surface area is 252 Å². The molecule has 1 aliphatic heterocycles. The monoisotopic (exact) mass is 616 g/mol. The van der Waals surface area contributed by atoms with E-state index in [1.54, 1.807) is 13.0 Å². The number of likely N-dealkylation sites (N-methyl/N-ethyl adjacent to an activating group) is 1. The largest absolute Gasteiger partial charge is 0.416 e. The average molecular weight is 617 g/mol. The van der Waals surface area contributed by atoms with Crippen LogP contribution in [-0.2, 0) is 28.2 Å². The van der Waals surface area contributed by atoms with Gasteiger partial charge in [0.2, 0.25) is 0 Å². The second-order valence-electron chi connectivity index (χ2n) is 12.3. The summed E-state index contributed by atoms with van der Waals surface area (Å²) in [5.74, 6) is -0.612. The summed E-state index contributed by atoms with van der Waals surface area (Å²) in [6.07, 6.45) is -4.58. The Morgan fingerprint density at radius 2 is 1.49 bits per heavy atom. The van der Waals surface area contributed by atoms with Crippen LogP contribution in [0.15, 0.2) is 59.5 Å². The number of nitrogens with zero attached hydrogens (tertiary/aromatic N) is 2. The number of alkyl halides is 3. The van der Waals surface area contributed by atoms with Crippen molar-refractivity contribution in [3.8, 4) is 0 Å². The number of benzene rings is 3. The Bertz CT molecular complexity index is 1590. The van der Waals surface area contributed by atoms with E-state index in [2.05, 4.69) is 14.9 Å². The van der Waals surface area contributed by atoms with E-state index in [4.69, 9.17) is 0 Å². The third-order valence-electron chi connectivity index (χ3n) is 7.84. The van der Waals surface area contributed by atoms with Gasteiger partial charge >= 0.3 is 6.18 Å². The Hall–Kier alpha value is -3.41. The highest BCUT2D eigenvalue weighted by atomic mass is 32.2. The smallest absolute Gasteiger partial charge is 0.322 e. The number of anilines is 2. The molecule has 0 bridgehead atoms. The van der Waals surface area contributed by atoms with Crippen LogP contribution in [0.3, 0.4) is 0 Å². The maximum Gasteiger partial charge on any atom is 0.416 e. The van der Waals surface area contributed by atoms with Gasteiger partial charge in [0, 0.05) is 49.7 Å². The molecule has 3 aromatic rings. The molecule has 232 valence electrons. The molecule has 0 saturated carbocycles. The van der Waals surface area contributed by atoms with Crippen LogP contribution in [-0.4, -0.2) is 57.4 Å². The van der Waals surface area contributed by atoms with Gasteiger partial charge in [0.15, 0.2) is 0 Å². The fourth-order valence-corrected chi connectivity index (χ4v) is 6.35. The van der Waals surface area contributed by atoms with Crippen molar-refractivity contribution in [2.24, 2.45) is 0 Å². The molecule has 11 heteroatoms. The normalized spacial score (nSPS) is 15.4. The van der Waals surface area contributed by atoms with Gasteiger partial charge in [-0.1, -0.05) is 32.9 Å². The molecule has 7 nitrogen and oxygen atoms in total. The van der Waals surface area contributed by atoms with Crippen molar-refractivity contribution in [1.82, 2.24) is 9.80 Å². The maximum atomic E-state index is 13.9. The number of aryl methyl sites for hydroxylation is 1. The molecule has 3 aromatic carbocycles. The molecule has 0 unspecified atom stereocenters. The molecule has 0 aliphatic carbocycles. The molecule has 0 spiro atoms. The number of carbonyl (C=O) groups is 1. The van der Waals surface area contributed by atoms with E-state index in [0.717, 1.165) is 30.3 Å². The summed E-state index contributed by atoms with van der Waals surface area (Å²) < 4.78 is 71.0. The van der Waals surface area contributed by atoms with Crippen LogP contribution < -0.4 is 10.0 Å². The van der Waals surface area contributed by atoms with Gasteiger partial charge in [-0.2, -0.15) is 13.2 Å². The number of hydrogen-bond acceptors (Lipinski definition) is 5. The van der Waals surface area contributed by atoms with Crippen molar-refractivity contribution < 1.29 is 26.4 Å². The number of halogens is 3. The minimum atomic E-state index is -4.58. The Kier molecular flexibility index (Phi) is 9.30. The first-order valence-corrected chi connectivity index (χ1v) is 15.6. The first-order chi connectivity index (χ1) is 19.9. The SMILES string of the molecule is Cc1cc(C(C)(C)C)cc(S(=O)(=O)Nc2ccc(C(=O)Nc3ccc(CN4CCN(C)CC4)c(C(F)(F)F)c3)cc2)c1C. The minimum absolute atomic E-state index is 0.0220. The average Bonchev–Trinajstić information content (AvgIpc) is 2.91. The van der Waals surface area contributed by atoms with Crippen molar-refractivity contribution in [2.45, 2.75) is 57.7 Å². The van der Waals surface area contributed by atoms with Crippen molar-refractivity contribution in [3.63, 3.8) is 0 Å². The molecule has 0 atom stereocenters. The Morgan fingerprint density at radius 1 is 0.884 bits per heavy atom. The van der Waals surface area contributed by atoms with Crippen LogP contribution in [0.1, 0.15) is 58.9 Å². The molecule has 2 N–H and O–H groups in total. The van der Waals surface area contributed by atoms with Gasteiger partial charge in [0.1, 0.15) is 0 Å². The molecule has 0 radical (unpaired) electrons. The fraction of sp³-hybridized carbons (Fsp3) is 0.406. The van der Waals surface area contributed by atoms with Crippen LogP contribution >= 0.6 is 0 Å². The zero-order chi connectivity index (χ0) is 31.7. The standard InChI is InChI=1S/C32H39F3N4O3S/c1-21-17-25(31(3,4)5)18-29(22(21)2)43(41,42)37-26-10-7-23(8-11-26)30(40)36-27-12-9-24(28(19-27)32(33,34)35)20-39-15-13-38(6)14-16-39/h7-12,17-19,37H,13-16,20H2,1-6H3,(H,36,40). The number of piperazine rings is 1. The van der Waals surface area contributed by atoms with Crippen LogP contribution in [0, 0.1) is 13.8 Å². The second-order valence-corrected chi connectivity index (χ2v) is 13.9. The van der Waals surface area contributed by atoms with E-state index < -0.39 is 27.7 Å². The molecule has 1 saturated heterocycles. The third-order valence-corrected chi connectivity index (χ3v) is 9.35. The van der Waals surface area contributed by atoms with E-state index >= 15 is 0 Å². The Morgan fingerprint density at radius 3 is 2.07 bits per heavy atom. The molecule has 0 aromatic heterocycles. The summed E-state index contributed by atoms with van der Waals surface area (Å²) in [5.41, 5.74) is 1.97. The molecule has 43 heavy (non-hydrogen) atoms. The molecule has 1 amide bonds. The molecule has 1 heterocycles. The quantitative estimate of drug-likeness (QED) is 0.320. The number of amides is 1. The first kappa shape index (κ1) is 32.5. The van der Waals surface area contributed by atoms with Crippen LogP contribution in [0.4, 0.5) is 24.5 Å². The summed E-state index contributed by atoms with van der Waals surface area (Å²) in [6, 6.07) is 13.2. The summed E-state index contributed by atoms with van der Waals surface area (Å²) in [5, 5.41) is 2.54. The highest BCUT2D eigenvalue weighted by Gasteiger charge is 2.34. The summed E-state index contributed by atoms with van der Waals surface area (Å²) in [4.78, 5) is 17.2. The van der Waals surface area contributed by atoms with Gasteiger partial charge in [-0.05, 0) is 91.0 Å². The lowest BCUT2D eigenvalue weighted by Gasteiger charge is -2.33. The molecular formula is C32H39F3N4O3S. The van der Waals surface area contributed by atoms with Gasteiger partial charge in [0.05, 0.1) is 10.5 Å². The fourth-order valence-electron chi connectivity index (χ4n) is 4.95. The number of nitrogens with one attached hydrogen (secondary N) is 2. The number of hydrogen-bond donors (Lipinski definition) is 2. The second kappa shape index (κ2) is 12.3. The summed E-state index contributed by atoms with van der Waals surface area (Å²) in [7, 11) is -1.95. The van der Waals surface area contributed by atoms with Crippen molar-refractivity contribution in [3.05, 3.63) is 88.0 Å². The van der Waals surface area contributed by atoms with E-state index in [1.807, 2.05) is 45.7 Å². The minimum Gasteiger partial charge on any atom is -0.322 e. The van der Waals surface area contributed by atoms with Gasteiger partial charge in [-0.3, -0.25) is 14.4 Å². The highest BCUT2D eigenvalue weighted by molar-refractivity contribution is 7.92. The van der Waals surface area contributed by atoms with E-state index in [9.17, 15) is 26.4 Å². The Balaban J connectivity index is 1.48.